The number of rotatable bonds is 6. The number of anilines is 1. The fourth-order valence-electron chi connectivity index (χ4n) is 3.25. The van der Waals surface area contributed by atoms with Gasteiger partial charge in [-0.25, -0.2) is 4.79 Å². The number of piperidine rings is 1. The first-order valence-electron chi connectivity index (χ1n) is 10.2. The van der Waals surface area contributed by atoms with Crippen LogP contribution in [0, 0.1) is 5.92 Å². The van der Waals surface area contributed by atoms with Crippen molar-refractivity contribution in [3.63, 3.8) is 0 Å². The molecule has 0 spiro atoms. The third-order valence-corrected chi connectivity index (χ3v) is 4.96. The van der Waals surface area contributed by atoms with Gasteiger partial charge in [0.25, 0.3) is 11.8 Å². The number of urea groups is 1. The van der Waals surface area contributed by atoms with Crippen molar-refractivity contribution in [3.05, 3.63) is 54.0 Å². The summed E-state index contributed by atoms with van der Waals surface area (Å²) in [6.07, 6.45) is 4.30. The molecule has 8 nitrogen and oxygen atoms in total. The van der Waals surface area contributed by atoms with Gasteiger partial charge in [-0.2, -0.15) is 0 Å². The Morgan fingerprint density at radius 1 is 1.07 bits per heavy atom. The zero-order valence-electron chi connectivity index (χ0n) is 17.3. The maximum atomic E-state index is 12.3. The van der Waals surface area contributed by atoms with E-state index in [1.807, 2.05) is 13.8 Å². The molecule has 4 amide bonds. The van der Waals surface area contributed by atoms with Gasteiger partial charge in [-0.3, -0.25) is 9.59 Å². The molecule has 2 aromatic rings. The largest absolute Gasteiger partial charge is 0.472 e. The molecule has 1 aliphatic heterocycles. The summed E-state index contributed by atoms with van der Waals surface area (Å²) in [5, 5.41) is 8.59. The van der Waals surface area contributed by atoms with E-state index in [-0.39, 0.29) is 23.9 Å². The van der Waals surface area contributed by atoms with Gasteiger partial charge in [-0.05, 0) is 49.1 Å². The average Bonchev–Trinajstić information content (AvgIpc) is 3.27. The topological polar surface area (TPSA) is 104 Å². The number of furan rings is 1. The molecule has 1 aromatic carbocycles. The Morgan fingerprint density at radius 3 is 2.37 bits per heavy atom. The van der Waals surface area contributed by atoms with Crippen molar-refractivity contribution in [1.82, 2.24) is 15.5 Å². The SMILES string of the molecule is CC(C)CNC(=O)c1ccc(NC(=O)NC2CCN(C(=O)c3ccoc3)CC2)cc1. The molecule has 0 bridgehead atoms. The molecular weight excluding hydrogens is 384 g/mol. The molecule has 30 heavy (non-hydrogen) atoms. The van der Waals surface area contributed by atoms with Crippen LogP contribution >= 0.6 is 0 Å². The van der Waals surface area contributed by atoms with Gasteiger partial charge in [0, 0.05) is 36.9 Å². The average molecular weight is 412 g/mol. The van der Waals surface area contributed by atoms with E-state index in [2.05, 4.69) is 16.0 Å². The van der Waals surface area contributed by atoms with Crippen LogP contribution in [0.25, 0.3) is 0 Å². The molecule has 1 saturated heterocycles. The van der Waals surface area contributed by atoms with E-state index >= 15 is 0 Å². The van der Waals surface area contributed by atoms with Gasteiger partial charge < -0.3 is 25.3 Å². The minimum absolute atomic E-state index is 0.000478. The van der Waals surface area contributed by atoms with E-state index in [0.717, 1.165) is 0 Å². The van der Waals surface area contributed by atoms with Crippen LogP contribution < -0.4 is 16.0 Å². The van der Waals surface area contributed by atoms with Crippen molar-refractivity contribution in [1.29, 1.82) is 0 Å². The standard InChI is InChI=1S/C22H28N4O4/c1-15(2)13-23-20(27)16-3-5-18(6-4-16)24-22(29)25-19-7-10-26(11-8-19)21(28)17-9-12-30-14-17/h3-6,9,12,14-15,19H,7-8,10-11,13H2,1-2H3,(H,23,27)(H2,24,25,29). The van der Waals surface area contributed by atoms with Crippen LogP contribution in [0.3, 0.4) is 0 Å². The first-order chi connectivity index (χ1) is 14.4. The van der Waals surface area contributed by atoms with Crippen LogP contribution in [0.2, 0.25) is 0 Å². The van der Waals surface area contributed by atoms with Crippen molar-refractivity contribution in [3.8, 4) is 0 Å². The number of nitrogens with zero attached hydrogens (tertiary/aromatic N) is 1. The second kappa shape index (κ2) is 9.96. The normalized spacial score (nSPS) is 14.4. The second-order valence-electron chi connectivity index (χ2n) is 7.86. The fourth-order valence-corrected chi connectivity index (χ4v) is 3.25. The van der Waals surface area contributed by atoms with Crippen LogP contribution in [0.4, 0.5) is 10.5 Å². The summed E-state index contributed by atoms with van der Waals surface area (Å²) in [7, 11) is 0. The van der Waals surface area contributed by atoms with Crippen molar-refractivity contribution < 1.29 is 18.8 Å². The molecule has 1 aliphatic rings. The number of amides is 4. The Labute approximate surface area is 176 Å². The highest BCUT2D eigenvalue weighted by molar-refractivity contribution is 5.95. The summed E-state index contributed by atoms with van der Waals surface area (Å²) in [4.78, 5) is 38.4. The zero-order chi connectivity index (χ0) is 21.5. The predicted octanol–water partition coefficient (Wildman–Crippen LogP) is 3.09. The summed E-state index contributed by atoms with van der Waals surface area (Å²) in [6.45, 7) is 5.85. The fraction of sp³-hybridized carbons (Fsp3) is 0.409. The molecule has 8 heteroatoms. The van der Waals surface area contributed by atoms with Crippen LogP contribution in [0.15, 0.2) is 47.3 Å². The third-order valence-electron chi connectivity index (χ3n) is 4.96. The number of carbonyl (C=O) groups excluding carboxylic acids is 3. The molecule has 0 unspecified atom stereocenters. The number of carbonyl (C=O) groups is 3. The lowest BCUT2D eigenvalue weighted by Crippen LogP contribution is -2.47. The molecule has 3 rings (SSSR count). The minimum atomic E-state index is -0.299. The summed E-state index contributed by atoms with van der Waals surface area (Å²) in [5.41, 5.74) is 1.71. The molecular formula is C22H28N4O4. The first-order valence-corrected chi connectivity index (χ1v) is 10.2. The molecule has 2 heterocycles. The van der Waals surface area contributed by atoms with E-state index < -0.39 is 0 Å². The molecule has 0 atom stereocenters. The lowest BCUT2D eigenvalue weighted by molar-refractivity contribution is 0.0708. The molecule has 3 N–H and O–H groups in total. The van der Waals surface area contributed by atoms with Crippen LogP contribution in [-0.4, -0.2) is 48.4 Å². The monoisotopic (exact) mass is 412 g/mol. The van der Waals surface area contributed by atoms with Crippen molar-refractivity contribution >= 4 is 23.5 Å². The van der Waals surface area contributed by atoms with Crippen molar-refractivity contribution in [2.24, 2.45) is 5.92 Å². The van der Waals surface area contributed by atoms with Gasteiger partial charge in [0.15, 0.2) is 0 Å². The van der Waals surface area contributed by atoms with Crippen molar-refractivity contribution in [2.75, 3.05) is 25.0 Å². The number of hydrogen-bond donors (Lipinski definition) is 3. The van der Waals surface area contributed by atoms with Crippen LogP contribution in [0.5, 0.6) is 0 Å². The number of likely N-dealkylation sites (tertiary alicyclic amines) is 1. The Hall–Kier alpha value is -3.29. The summed E-state index contributed by atoms with van der Waals surface area (Å²) < 4.78 is 4.96. The van der Waals surface area contributed by atoms with Gasteiger partial charge in [-0.1, -0.05) is 13.8 Å². The summed E-state index contributed by atoms with van der Waals surface area (Å²) >= 11 is 0. The Bertz CT molecular complexity index is 854. The van der Waals surface area contributed by atoms with E-state index in [9.17, 15) is 14.4 Å². The van der Waals surface area contributed by atoms with Gasteiger partial charge in [0.05, 0.1) is 11.8 Å². The van der Waals surface area contributed by atoms with E-state index in [4.69, 9.17) is 4.42 Å². The molecule has 1 aromatic heterocycles. The molecule has 0 aliphatic carbocycles. The predicted molar refractivity (Wildman–Crippen MR) is 113 cm³/mol. The van der Waals surface area contributed by atoms with E-state index in [0.29, 0.717) is 55.2 Å². The second-order valence-corrected chi connectivity index (χ2v) is 7.86. The quantitative estimate of drug-likeness (QED) is 0.678. The molecule has 0 radical (unpaired) electrons. The van der Waals surface area contributed by atoms with Gasteiger partial charge in [0.2, 0.25) is 0 Å². The van der Waals surface area contributed by atoms with E-state index in [1.54, 1.807) is 35.2 Å². The lowest BCUT2D eigenvalue weighted by atomic mass is 10.0. The Morgan fingerprint density at radius 2 is 1.77 bits per heavy atom. The van der Waals surface area contributed by atoms with Gasteiger partial charge in [0.1, 0.15) is 6.26 Å². The van der Waals surface area contributed by atoms with Crippen LogP contribution in [-0.2, 0) is 0 Å². The lowest BCUT2D eigenvalue weighted by Gasteiger charge is -2.32. The smallest absolute Gasteiger partial charge is 0.319 e. The maximum absolute atomic E-state index is 12.3. The minimum Gasteiger partial charge on any atom is -0.472 e. The highest BCUT2D eigenvalue weighted by Crippen LogP contribution is 2.15. The van der Waals surface area contributed by atoms with E-state index in [1.165, 1.54) is 12.5 Å². The Balaban J connectivity index is 1.42. The molecule has 1 fully saturated rings. The van der Waals surface area contributed by atoms with Crippen molar-refractivity contribution in [2.45, 2.75) is 32.7 Å². The third kappa shape index (κ3) is 5.85. The number of hydrogen-bond acceptors (Lipinski definition) is 4. The zero-order valence-corrected chi connectivity index (χ0v) is 17.3. The van der Waals surface area contributed by atoms with Gasteiger partial charge >= 0.3 is 6.03 Å². The van der Waals surface area contributed by atoms with Crippen LogP contribution in [0.1, 0.15) is 47.4 Å². The number of benzene rings is 1. The molecule has 160 valence electrons. The number of nitrogens with one attached hydrogen (secondary N) is 3. The van der Waals surface area contributed by atoms with Gasteiger partial charge in [-0.15, -0.1) is 0 Å². The maximum Gasteiger partial charge on any atom is 0.319 e. The Kier molecular flexibility index (Phi) is 7.11. The summed E-state index contributed by atoms with van der Waals surface area (Å²) in [6, 6.07) is 8.13. The highest BCUT2D eigenvalue weighted by Gasteiger charge is 2.25. The first kappa shape index (κ1) is 21.4. The highest BCUT2D eigenvalue weighted by atomic mass is 16.3. The summed E-state index contributed by atoms with van der Waals surface area (Å²) in [5.74, 6) is 0.204. The molecule has 0 saturated carbocycles.